The molecule has 0 aromatic heterocycles. The van der Waals surface area contributed by atoms with Crippen molar-refractivity contribution in [3.63, 3.8) is 0 Å². The molecule has 2 N–H and O–H groups in total. The molecule has 0 saturated carbocycles. The third kappa shape index (κ3) is 4.08. The lowest BCUT2D eigenvalue weighted by Crippen LogP contribution is -2.36. The van der Waals surface area contributed by atoms with Crippen LogP contribution in [0, 0.1) is 0 Å². The molecular weight excluding hydrogens is 354 g/mol. The van der Waals surface area contributed by atoms with Gasteiger partial charge in [-0.05, 0) is 18.2 Å². The number of anilines is 2. The van der Waals surface area contributed by atoms with Crippen LogP contribution < -0.4 is 15.5 Å². The molecule has 1 aliphatic heterocycles. The van der Waals surface area contributed by atoms with Gasteiger partial charge in [0.05, 0.1) is 6.54 Å². The Kier molecular flexibility index (Phi) is 5.16. The highest BCUT2D eigenvalue weighted by molar-refractivity contribution is 9.11. The van der Waals surface area contributed by atoms with E-state index >= 15 is 0 Å². The number of carbonyl (C=O) groups is 3. The highest BCUT2D eigenvalue weighted by Crippen LogP contribution is 2.22. The summed E-state index contributed by atoms with van der Waals surface area (Å²) in [5.74, 6) is -1.57. The molecule has 1 aromatic carbocycles. The van der Waals surface area contributed by atoms with Gasteiger partial charge in [-0.1, -0.05) is 28.6 Å². The molecule has 1 fully saturated rings. The Morgan fingerprint density at radius 1 is 1.36 bits per heavy atom. The van der Waals surface area contributed by atoms with Crippen molar-refractivity contribution in [2.75, 3.05) is 29.9 Å². The van der Waals surface area contributed by atoms with Gasteiger partial charge < -0.3 is 15.4 Å². The first-order valence-corrected chi connectivity index (χ1v) is 7.23. The largest absolute Gasteiger partial charge is 0.447 e. The Hall–Kier alpha value is -2.35. The van der Waals surface area contributed by atoms with Gasteiger partial charge in [0.15, 0.2) is 0 Å². The number of nitrogens with one attached hydrogen (secondary N) is 2. The van der Waals surface area contributed by atoms with E-state index in [1.807, 2.05) is 0 Å². The molecule has 1 aromatic rings. The van der Waals surface area contributed by atoms with Gasteiger partial charge in [-0.2, -0.15) is 0 Å². The van der Waals surface area contributed by atoms with Gasteiger partial charge >= 0.3 is 17.9 Å². The van der Waals surface area contributed by atoms with E-state index in [1.165, 1.54) is 4.90 Å². The van der Waals surface area contributed by atoms with Gasteiger partial charge in [0.1, 0.15) is 6.61 Å². The maximum absolute atomic E-state index is 11.7. The zero-order valence-corrected chi connectivity index (χ0v) is 13.2. The number of halogens is 1. The number of nitrogens with zero attached hydrogens (tertiary/aromatic N) is 1. The van der Waals surface area contributed by atoms with E-state index in [-0.39, 0.29) is 6.54 Å². The lowest BCUT2D eigenvalue weighted by molar-refractivity contribution is -0.136. The molecule has 0 bridgehead atoms. The average Bonchev–Trinajstić information content (AvgIpc) is 2.91. The van der Waals surface area contributed by atoms with E-state index in [4.69, 9.17) is 4.74 Å². The van der Waals surface area contributed by atoms with Crippen LogP contribution in [0.25, 0.3) is 0 Å². The molecule has 0 radical (unpaired) electrons. The summed E-state index contributed by atoms with van der Waals surface area (Å²) in [6.45, 7) is 4.49. The molecule has 22 heavy (non-hydrogen) atoms. The molecule has 0 atom stereocenters. The summed E-state index contributed by atoms with van der Waals surface area (Å²) in [4.78, 5) is 36.3. The van der Waals surface area contributed by atoms with Crippen molar-refractivity contribution >= 4 is 45.2 Å². The van der Waals surface area contributed by atoms with Crippen molar-refractivity contribution in [3.8, 4) is 0 Å². The predicted octanol–water partition coefficient (Wildman–Crippen LogP) is 1.61. The van der Waals surface area contributed by atoms with Gasteiger partial charge in [0.2, 0.25) is 0 Å². The summed E-state index contributed by atoms with van der Waals surface area (Å²) in [6, 6.07) is 6.62. The van der Waals surface area contributed by atoms with Crippen molar-refractivity contribution in [1.82, 2.24) is 5.32 Å². The number of benzene rings is 1. The quantitative estimate of drug-likeness (QED) is 0.791. The Bertz CT molecular complexity index is 632. The summed E-state index contributed by atoms with van der Waals surface area (Å²) >= 11 is 3.08. The number of hydrogen-bond donors (Lipinski definition) is 2. The Labute approximate surface area is 135 Å². The summed E-state index contributed by atoms with van der Waals surface area (Å²) in [7, 11) is 0. The molecule has 1 saturated heterocycles. The second-order valence-electron chi connectivity index (χ2n) is 4.47. The van der Waals surface area contributed by atoms with Crippen LogP contribution in [0.15, 0.2) is 35.3 Å². The number of cyclic esters (lactones) is 1. The van der Waals surface area contributed by atoms with Crippen molar-refractivity contribution in [3.05, 3.63) is 35.3 Å². The molecule has 2 rings (SSSR count). The van der Waals surface area contributed by atoms with Gasteiger partial charge in [0.25, 0.3) is 0 Å². The van der Waals surface area contributed by atoms with Crippen LogP contribution >= 0.6 is 15.9 Å². The Balaban J connectivity index is 2.01. The van der Waals surface area contributed by atoms with Crippen LogP contribution in [-0.4, -0.2) is 37.6 Å². The third-order valence-corrected chi connectivity index (χ3v) is 3.10. The maximum Gasteiger partial charge on any atom is 0.414 e. The second kappa shape index (κ2) is 7.08. The highest BCUT2D eigenvalue weighted by atomic mass is 79.9. The van der Waals surface area contributed by atoms with Crippen molar-refractivity contribution in [2.45, 2.75) is 0 Å². The first-order chi connectivity index (χ1) is 10.5. The lowest BCUT2D eigenvalue weighted by atomic mass is 10.2. The molecule has 7 nitrogen and oxygen atoms in total. The molecule has 0 unspecified atom stereocenters. The van der Waals surface area contributed by atoms with Crippen LogP contribution in [0.5, 0.6) is 0 Å². The van der Waals surface area contributed by atoms with Gasteiger partial charge in [-0.15, -0.1) is 0 Å². The SMILES string of the molecule is C=C(Br)CNC(=O)C(=O)Nc1cccc(N2CCOC2=O)c1. The summed E-state index contributed by atoms with van der Waals surface area (Å²) in [6.07, 6.45) is -0.433. The van der Waals surface area contributed by atoms with Gasteiger partial charge in [-0.3, -0.25) is 14.5 Å². The fourth-order valence-corrected chi connectivity index (χ4v) is 1.96. The van der Waals surface area contributed by atoms with Gasteiger partial charge in [-0.25, -0.2) is 4.79 Å². The normalized spacial score (nSPS) is 13.5. The second-order valence-corrected chi connectivity index (χ2v) is 5.59. The lowest BCUT2D eigenvalue weighted by Gasteiger charge is -2.14. The van der Waals surface area contributed by atoms with Crippen molar-refractivity contribution < 1.29 is 19.1 Å². The third-order valence-electron chi connectivity index (χ3n) is 2.82. The summed E-state index contributed by atoms with van der Waals surface area (Å²) in [5.41, 5.74) is 1.00. The molecule has 0 aliphatic carbocycles. The minimum Gasteiger partial charge on any atom is -0.447 e. The van der Waals surface area contributed by atoms with Crippen LogP contribution in [0.2, 0.25) is 0 Å². The Morgan fingerprint density at radius 3 is 2.77 bits per heavy atom. The zero-order chi connectivity index (χ0) is 16.1. The van der Waals surface area contributed by atoms with Crippen molar-refractivity contribution in [1.29, 1.82) is 0 Å². The fourth-order valence-electron chi connectivity index (χ4n) is 1.82. The molecule has 8 heteroatoms. The topological polar surface area (TPSA) is 87.7 Å². The van der Waals surface area contributed by atoms with E-state index < -0.39 is 17.9 Å². The summed E-state index contributed by atoms with van der Waals surface area (Å²) < 4.78 is 5.41. The average molecular weight is 368 g/mol. The number of ether oxygens (including phenoxy) is 1. The summed E-state index contributed by atoms with van der Waals surface area (Å²) in [5, 5.41) is 4.87. The van der Waals surface area contributed by atoms with Crippen LogP contribution in [0.4, 0.5) is 16.2 Å². The van der Waals surface area contributed by atoms with Crippen LogP contribution in [0.3, 0.4) is 0 Å². The molecule has 116 valence electrons. The van der Waals surface area contributed by atoms with E-state index in [1.54, 1.807) is 24.3 Å². The smallest absolute Gasteiger partial charge is 0.414 e. The standard InChI is InChI=1S/C14H14BrN3O4/c1-9(15)8-16-12(19)13(20)17-10-3-2-4-11(7-10)18-5-6-22-14(18)21/h2-4,7H,1,5-6,8H2,(H,16,19)(H,17,20). The fraction of sp³-hybridized carbons (Fsp3) is 0.214. The first kappa shape index (κ1) is 16.0. The predicted molar refractivity (Wildman–Crippen MR) is 84.8 cm³/mol. The van der Waals surface area contributed by atoms with E-state index in [0.29, 0.717) is 29.0 Å². The first-order valence-electron chi connectivity index (χ1n) is 6.44. The number of rotatable bonds is 4. The molecule has 1 heterocycles. The van der Waals surface area contributed by atoms with Gasteiger partial charge in [0, 0.05) is 22.4 Å². The Morgan fingerprint density at radius 2 is 2.14 bits per heavy atom. The molecule has 1 aliphatic rings. The minimum atomic E-state index is -0.796. The number of amides is 3. The van der Waals surface area contributed by atoms with Crippen LogP contribution in [-0.2, 0) is 14.3 Å². The molecular formula is C14H14BrN3O4. The number of hydrogen-bond acceptors (Lipinski definition) is 4. The number of carbonyl (C=O) groups excluding carboxylic acids is 3. The van der Waals surface area contributed by atoms with E-state index in [0.717, 1.165) is 0 Å². The van der Waals surface area contributed by atoms with Crippen LogP contribution in [0.1, 0.15) is 0 Å². The molecule has 3 amide bonds. The highest BCUT2D eigenvalue weighted by Gasteiger charge is 2.23. The van der Waals surface area contributed by atoms with E-state index in [9.17, 15) is 14.4 Å². The zero-order valence-electron chi connectivity index (χ0n) is 11.6. The van der Waals surface area contributed by atoms with Crippen molar-refractivity contribution in [2.24, 2.45) is 0 Å². The maximum atomic E-state index is 11.7. The van der Waals surface area contributed by atoms with E-state index in [2.05, 4.69) is 33.1 Å². The minimum absolute atomic E-state index is 0.159. The monoisotopic (exact) mass is 367 g/mol. The molecule has 0 spiro atoms.